The van der Waals surface area contributed by atoms with Gasteiger partial charge in [-0.2, -0.15) is 0 Å². The van der Waals surface area contributed by atoms with E-state index >= 15 is 0 Å². The van der Waals surface area contributed by atoms with Gasteiger partial charge in [0.05, 0.1) is 27.1 Å². The molecule has 0 spiro atoms. The summed E-state index contributed by atoms with van der Waals surface area (Å²) in [7, 11) is 4.41. The van der Waals surface area contributed by atoms with Crippen LogP contribution in [0.15, 0.2) is 54.6 Å². The molecule has 2 rings (SSSR count). The van der Waals surface area contributed by atoms with E-state index in [9.17, 15) is 4.79 Å². The van der Waals surface area contributed by atoms with Crippen LogP contribution < -0.4 is 4.74 Å². The molecule has 1 atom stereocenters. The topological polar surface area (TPSA) is 35.5 Å². The Morgan fingerprint density at radius 3 is 2.26 bits per heavy atom. The number of benzene rings is 2. The maximum Gasteiger partial charge on any atom is 0.309 e. The minimum atomic E-state index is -0.537. The number of carbonyl (C=O) groups is 1. The standard InChI is InChI=1S/C30H46NO3/c1-5-7-8-9-10-14-20-27-21-15-16-22-28(27)33-30(6-2)34-29(32)23-17-24-31(3,4)25-26-18-12-11-13-19-26/h11-13,15-16,18-19,21-22,30H,5-10,14,17,20,23-25H2,1-4H3/q+1. The Morgan fingerprint density at radius 2 is 1.53 bits per heavy atom. The fourth-order valence-electron chi connectivity index (χ4n) is 4.27. The van der Waals surface area contributed by atoms with Gasteiger partial charge in [-0.1, -0.05) is 94.5 Å². The molecule has 0 saturated carbocycles. The van der Waals surface area contributed by atoms with Crippen molar-refractivity contribution in [1.29, 1.82) is 0 Å². The molecule has 0 radical (unpaired) electrons. The SMILES string of the molecule is CCCCCCCCc1ccccc1OC(CC)OC(=O)CCC[N+](C)(C)Cc1ccccc1. The predicted molar refractivity (Wildman–Crippen MR) is 141 cm³/mol. The predicted octanol–water partition coefficient (Wildman–Crippen LogP) is 7.30. The van der Waals surface area contributed by atoms with E-state index in [-0.39, 0.29) is 5.97 Å². The smallest absolute Gasteiger partial charge is 0.309 e. The second kappa shape index (κ2) is 15.5. The lowest BCUT2D eigenvalue weighted by atomic mass is 10.0. The molecule has 2 aromatic rings. The summed E-state index contributed by atoms with van der Waals surface area (Å²) in [6.45, 7) is 6.11. The second-order valence-corrected chi connectivity index (χ2v) is 9.98. The summed E-state index contributed by atoms with van der Waals surface area (Å²) in [5, 5.41) is 0. The Labute approximate surface area is 207 Å². The number of quaternary nitrogens is 1. The highest BCUT2D eigenvalue weighted by Gasteiger charge is 2.19. The Morgan fingerprint density at radius 1 is 0.853 bits per heavy atom. The van der Waals surface area contributed by atoms with Crippen LogP contribution in [0, 0.1) is 0 Å². The fourth-order valence-corrected chi connectivity index (χ4v) is 4.27. The van der Waals surface area contributed by atoms with Crippen LogP contribution in [0.2, 0.25) is 0 Å². The Hall–Kier alpha value is -2.33. The zero-order valence-electron chi connectivity index (χ0n) is 21.9. The third-order valence-corrected chi connectivity index (χ3v) is 6.22. The van der Waals surface area contributed by atoms with Crippen molar-refractivity contribution in [1.82, 2.24) is 0 Å². The first kappa shape index (κ1) is 27.9. The zero-order chi connectivity index (χ0) is 24.7. The van der Waals surface area contributed by atoms with E-state index in [0.717, 1.165) is 42.6 Å². The number of esters is 1. The molecule has 0 bridgehead atoms. The highest BCUT2D eigenvalue weighted by atomic mass is 16.7. The second-order valence-electron chi connectivity index (χ2n) is 9.98. The Balaban J connectivity index is 1.76. The largest absolute Gasteiger partial charge is 0.455 e. The van der Waals surface area contributed by atoms with E-state index in [1.807, 2.05) is 25.1 Å². The number of unbranched alkanes of at least 4 members (excludes halogenated alkanes) is 5. The van der Waals surface area contributed by atoms with Crippen LogP contribution in [0.5, 0.6) is 5.75 Å². The number of aryl methyl sites for hydroxylation is 1. The maximum absolute atomic E-state index is 12.5. The van der Waals surface area contributed by atoms with Gasteiger partial charge in [-0.3, -0.25) is 4.79 Å². The lowest BCUT2D eigenvalue weighted by molar-refractivity contribution is -0.903. The Bertz CT molecular complexity index is 819. The van der Waals surface area contributed by atoms with Crippen molar-refractivity contribution in [3.63, 3.8) is 0 Å². The van der Waals surface area contributed by atoms with Gasteiger partial charge in [-0.25, -0.2) is 0 Å². The molecule has 0 aliphatic carbocycles. The molecule has 0 aliphatic rings. The molecule has 0 aromatic heterocycles. The third-order valence-electron chi connectivity index (χ3n) is 6.22. The van der Waals surface area contributed by atoms with E-state index in [2.05, 4.69) is 57.4 Å². The van der Waals surface area contributed by atoms with Crippen LogP contribution in [0.3, 0.4) is 0 Å². The first-order chi connectivity index (χ1) is 16.4. The molecule has 0 heterocycles. The molecule has 188 valence electrons. The van der Waals surface area contributed by atoms with Gasteiger partial charge in [0.1, 0.15) is 12.3 Å². The first-order valence-corrected chi connectivity index (χ1v) is 13.2. The van der Waals surface area contributed by atoms with Crippen LogP contribution in [0.25, 0.3) is 0 Å². The van der Waals surface area contributed by atoms with Gasteiger partial charge >= 0.3 is 5.97 Å². The van der Waals surface area contributed by atoms with E-state index in [1.165, 1.54) is 43.2 Å². The first-order valence-electron chi connectivity index (χ1n) is 13.2. The maximum atomic E-state index is 12.5. The molecule has 1 unspecified atom stereocenters. The molecule has 0 N–H and O–H groups in total. The lowest BCUT2D eigenvalue weighted by Gasteiger charge is -2.30. The van der Waals surface area contributed by atoms with Gasteiger partial charge in [0.2, 0.25) is 6.29 Å². The Kier molecular flexibility index (Phi) is 12.8. The number of nitrogens with zero attached hydrogens (tertiary/aromatic N) is 1. The van der Waals surface area contributed by atoms with Crippen molar-refractivity contribution in [2.45, 2.75) is 90.9 Å². The van der Waals surface area contributed by atoms with Crippen molar-refractivity contribution in [3.05, 3.63) is 65.7 Å². The van der Waals surface area contributed by atoms with E-state index in [1.54, 1.807) is 0 Å². The molecule has 4 nitrogen and oxygen atoms in total. The van der Waals surface area contributed by atoms with Crippen molar-refractivity contribution < 1.29 is 18.8 Å². The van der Waals surface area contributed by atoms with Gasteiger partial charge in [0, 0.05) is 18.4 Å². The molecule has 0 fully saturated rings. The number of hydrogen-bond donors (Lipinski definition) is 0. The molecular formula is C30H46NO3+. The summed E-state index contributed by atoms with van der Waals surface area (Å²) in [6.07, 6.45) is 9.94. The van der Waals surface area contributed by atoms with E-state index < -0.39 is 6.29 Å². The minimum absolute atomic E-state index is 0.181. The third kappa shape index (κ3) is 11.2. The summed E-state index contributed by atoms with van der Waals surface area (Å²) in [4.78, 5) is 12.5. The van der Waals surface area contributed by atoms with Crippen LogP contribution >= 0.6 is 0 Å². The highest BCUT2D eigenvalue weighted by Crippen LogP contribution is 2.23. The van der Waals surface area contributed by atoms with Gasteiger partial charge in [0.25, 0.3) is 0 Å². The summed E-state index contributed by atoms with van der Waals surface area (Å²) in [6, 6.07) is 18.7. The zero-order valence-corrected chi connectivity index (χ0v) is 21.9. The van der Waals surface area contributed by atoms with Crippen LogP contribution in [-0.4, -0.2) is 37.4 Å². The van der Waals surface area contributed by atoms with Crippen molar-refractivity contribution in [2.24, 2.45) is 0 Å². The quantitative estimate of drug-likeness (QED) is 0.106. The van der Waals surface area contributed by atoms with Gasteiger partial charge in [-0.05, 0) is 24.5 Å². The van der Waals surface area contributed by atoms with Gasteiger partial charge in [0.15, 0.2) is 0 Å². The summed E-state index contributed by atoms with van der Waals surface area (Å²) < 4.78 is 12.7. The molecule has 0 amide bonds. The van der Waals surface area contributed by atoms with Crippen LogP contribution in [0.1, 0.15) is 82.8 Å². The summed E-state index contributed by atoms with van der Waals surface area (Å²) in [5.74, 6) is 0.663. The summed E-state index contributed by atoms with van der Waals surface area (Å²) >= 11 is 0. The fraction of sp³-hybridized carbons (Fsp3) is 0.567. The van der Waals surface area contributed by atoms with Gasteiger partial charge < -0.3 is 14.0 Å². The monoisotopic (exact) mass is 468 g/mol. The van der Waals surface area contributed by atoms with Crippen molar-refractivity contribution >= 4 is 5.97 Å². The molecule has 2 aromatic carbocycles. The molecular weight excluding hydrogens is 422 g/mol. The molecule has 0 saturated heterocycles. The van der Waals surface area contributed by atoms with E-state index in [0.29, 0.717) is 12.8 Å². The van der Waals surface area contributed by atoms with E-state index in [4.69, 9.17) is 9.47 Å². The average molecular weight is 469 g/mol. The number of ether oxygens (including phenoxy) is 2. The highest BCUT2D eigenvalue weighted by molar-refractivity contribution is 5.69. The minimum Gasteiger partial charge on any atom is -0.455 e. The van der Waals surface area contributed by atoms with Gasteiger partial charge in [-0.15, -0.1) is 0 Å². The molecule has 4 heteroatoms. The molecule has 0 aliphatic heterocycles. The lowest BCUT2D eigenvalue weighted by Crippen LogP contribution is -2.39. The average Bonchev–Trinajstić information content (AvgIpc) is 2.82. The molecule has 34 heavy (non-hydrogen) atoms. The van der Waals surface area contributed by atoms with Crippen LogP contribution in [-0.2, 0) is 22.5 Å². The summed E-state index contributed by atoms with van der Waals surface area (Å²) in [5.41, 5.74) is 2.52. The number of hydrogen-bond acceptors (Lipinski definition) is 3. The number of para-hydroxylation sites is 1. The van der Waals surface area contributed by atoms with Crippen LogP contribution in [0.4, 0.5) is 0 Å². The number of rotatable bonds is 17. The van der Waals surface area contributed by atoms with Crippen molar-refractivity contribution in [2.75, 3.05) is 20.6 Å². The van der Waals surface area contributed by atoms with Crippen molar-refractivity contribution in [3.8, 4) is 5.75 Å². The number of carbonyl (C=O) groups excluding carboxylic acids is 1. The normalized spacial score (nSPS) is 12.4.